The molecular weight excluding hydrogens is 463 g/mol. The third kappa shape index (κ3) is 4.18. The minimum Gasteiger partial charge on any atom is -0.363 e. The molecular formula is C20H19ClF3N7O2. The number of carbonyl (C=O) groups excluding carboxylic acids is 2. The summed E-state index contributed by atoms with van der Waals surface area (Å²) in [6.07, 6.45) is -3.73. The molecule has 1 saturated heterocycles. The van der Waals surface area contributed by atoms with Gasteiger partial charge < -0.3 is 20.5 Å². The first-order chi connectivity index (χ1) is 15.6. The first-order valence-corrected chi connectivity index (χ1v) is 10.2. The highest BCUT2D eigenvalue weighted by molar-refractivity contribution is 6.34. The number of primary amides is 1. The Labute approximate surface area is 190 Å². The summed E-state index contributed by atoms with van der Waals surface area (Å²) in [7, 11) is 1.38. The van der Waals surface area contributed by atoms with E-state index in [0.717, 1.165) is 6.20 Å². The molecule has 1 fully saturated rings. The van der Waals surface area contributed by atoms with Gasteiger partial charge in [-0.2, -0.15) is 18.3 Å². The van der Waals surface area contributed by atoms with Crippen LogP contribution in [0.5, 0.6) is 0 Å². The van der Waals surface area contributed by atoms with E-state index >= 15 is 0 Å². The molecule has 3 aromatic rings. The van der Waals surface area contributed by atoms with E-state index in [1.54, 1.807) is 4.90 Å². The SMILES string of the molecule is Cn1c(C(N)=O)nc(-c2ccc(C(=O)N3CCNCC3)c(Cl)c2)c1-c1cn[nH]c1C(F)(F)F. The first-order valence-electron chi connectivity index (χ1n) is 9.87. The van der Waals surface area contributed by atoms with Gasteiger partial charge in [-0.05, 0) is 12.1 Å². The Morgan fingerprint density at radius 2 is 1.91 bits per heavy atom. The van der Waals surface area contributed by atoms with Crippen molar-refractivity contribution >= 4 is 23.4 Å². The van der Waals surface area contributed by atoms with Crippen LogP contribution in [0.15, 0.2) is 24.4 Å². The Hall–Kier alpha value is -3.38. The maximum Gasteiger partial charge on any atom is 0.433 e. The highest BCUT2D eigenvalue weighted by Crippen LogP contribution is 2.40. The monoisotopic (exact) mass is 481 g/mol. The van der Waals surface area contributed by atoms with Crippen molar-refractivity contribution in [3.05, 3.63) is 46.5 Å². The van der Waals surface area contributed by atoms with Gasteiger partial charge in [0.05, 0.1) is 33.7 Å². The summed E-state index contributed by atoms with van der Waals surface area (Å²) in [5, 5.41) is 8.73. The van der Waals surface area contributed by atoms with E-state index in [4.69, 9.17) is 17.3 Å². The predicted octanol–water partition coefficient (Wildman–Crippen LogP) is 2.29. The fourth-order valence-electron chi connectivity index (χ4n) is 3.78. The zero-order chi connectivity index (χ0) is 23.9. The van der Waals surface area contributed by atoms with Crippen LogP contribution in [0.3, 0.4) is 0 Å². The van der Waals surface area contributed by atoms with Crippen molar-refractivity contribution in [1.82, 2.24) is 30.0 Å². The number of aromatic nitrogens is 4. The van der Waals surface area contributed by atoms with Crippen LogP contribution < -0.4 is 11.1 Å². The molecule has 9 nitrogen and oxygen atoms in total. The van der Waals surface area contributed by atoms with Gasteiger partial charge in [-0.25, -0.2) is 4.98 Å². The van der Waals surface area contributed by atoms with Crippen LogP contribution in [-0.4, -0.2) is 62.6 Å². The average Bonchev–Trinajstić information content (AvgIpc) is 3.38. The number of piperazine rings is 1. The fraction of sp³-hybridized carbons (Fsp3) is 0.300. The minimum absolute atomic E-state index is 0.0258. The highest BCUT2D eigenvalue weighted by atomic mass is 35.5. The molecule has 3 heterocycles. The van der Waals surface area contributed by atoms with E-state index in [-0.39, 0.29) is 39.3 Å². The van der Waals surface area contributed by atoms with Gasteiger partial charge in [0, 0.05) is 38.8 Å². The topological polar surface area (TPSA) is 122 Å². The van der Waals surface area contributed by atoms with Crippen molar-refractivity contribution in [2.75, 3.05) is 26.2 Å². The van der Waals surface area contributed by atoms with E-state index in [2.05, 4.69) is 15.4 Å². The molecule has 0 bridgehead atoms. The summed E-state index contributed by atoms with van der Waals surface area (Å²) in [6.45, 7) is 2.40. The molecule has 13 heteroatoms. The molecule has 0 atom stereocenters. The molecule has 0 aliphatic carbocycles. The van der Waals surface area contributed by atoms with E-state index in [1.165, 1.54) is 29.8 Å². The number of carbonyl (C=O) groups is 2. The van der Waals surface area contributed by atoms with Crippen molar-refractivity contribution in [1.29, 1.82) is 0 Å². The van der Waals surface area contributed by atoms with Crippen molar-refractivity contribution < 1.29 is 22.8 Å². The number of benzene rings is 1. The second-order valence-corrected chi connectivity index (χ2v) is 7.86. The maximum absolute atomic E-state index is 13.5. The number of hydrogen-bond donors (Lipinski definition) is 3. The van der Waals surface area contributed by atoms with Gasteiger partial charge in [0.1, 0.15) is 5.69 Å². The lowest BCUT2D eigenvalue weighted by Gasteiger charge is -2.27. The number of nitrogens with zero attached hydrogens (tertiary/aromatic N) is 4. The number of nitrogens with one attached hydrogen (secondary N) is 2. The Balaban J connectivity index is 1.82. The smallest absolute Gasteiger partial charge is 0.363 e. The van der Waals surface area contributed by atoms with Gasteiger partial charge in [-0.3, -0.25) is 14.7 Å². The number of H-pyrrole nitrogens is 1. The summed E-state index contributed by atoms with van der Waals surface area (Å²) in [4.78, 5) is 30.5. The molecule has 2 amide bonds. The number of aromatic amines is 1. The van der Waals surface area contributed by atoms with Crippen LogP contribution in [0.2, 0.25) is 5.02 Å². The van der Waals surface area contributed by atoms with Crippen molar-refractivity contribution in [2.24, 2.45) is 12.8 Å². The van der Waals surface area contributed by atoms with E-state index < -0.39 is 17.8 Å². The number of hydrogen-bond acceptors (Lipinski definition) is 5. The molecule has 0 spiro atoms. The van der Waals surface area contributed by atoms with Gasteiger partial charge in [-0.1, -0.05) is 17.7 Å². The minimum atomic E-state index is -4.72. The quantitative estimate of drug-likeness (QED) is 0.528. The van der Waals surface area contributed by atoms with E-state index in [9.17, 15) is 22.8 Å². The molecule has 33 heavy (non-hydrogen) atoms. The van der Waals surface area contributed by atoms with E-state index in [1.807, 2.05) is 5.10 Å². The molecule has 0 radical (unpaired) electrons. The lowest BCUT2D eigenvalue weighted by Crippen LogP contribution is -2.46. The zero-order valence-corrected chi connectivity index (χ0v) is 18.1. The summed E-state index contributed by atoms with van der Waals surface area (Å²) in [6, 6.07) is 4.44. The Morgan fingerprint density at radius 1 is 1.21 bits per heavy atom. The molecule has 0 saturated carbocycles. The largest absolute Gasteiger partial charge is 0.433 e. The molecule has 1 aromatic carbocycles. The third-order valence-electron chi connectivity index (χ3n) is 5.37. The Bertz CT molecular complexity index is 1230. The van der Waals surface area contributed by atoms with Gasteiger partial charge in [0.2, 0.25) is 0 Å². The molecule has 1 aliphatic heterocycles. The zero-order valence-electron chi connectivity index (χ0n) is 17.3. The highest BCUT2D eigenvalue weighted by Gasteiger charge is 2.38. The van der Waals surface area contributed by atoms with Gasteiger partial charge >= 0.3 is 6.18 Å². The fourth-order valence-corrected chi connectivity index (χ4v) is 4.05. The van der Waals surface area contributed by atoms with Crippen LogP contribution in [0.4, 0.5) is 13.2 Å². The van der Waals surface area contributed by atoms with Crippen molar-refractivity contribution in [3.63, 3.8) is 0 Å². The Kier molecular flexibility index (Phi) is 5.89. The van der Waals surface area contributed by atoms with E-state index in [0.29, 0.717) is 31.7 Å². The van der Waals surface area contributed by atoms with Gasteiger partial charge in [0.15, 0.2) is 5.82 Å². The molecule has 4 rings (SSSR count). The van der Waals surface area contributed by atoms with Crippen LogP contribution in [0.25, 0.3) is 22.5 Å². The molecule has 0 unspecified atom stereocenters. The molecule has 1 aliphatic rings. The summed E-state index contributed by atoms with van der Waals surface area (Å²) in [5.74, 6) is -1.41. The van der Waals surface area contributed by atoms with Crippen LogP contribution in [0.1, 0.15) is 26.7 Å². The second kappa shape index (κ2) is 8.52. The second-order valence-electron chi connectivity index (χ2n) is 7.45. The lowest BCUT2D eigenvalue weighted by molar-refractivity contribution is -0.140. The molecule has 2 aromatic heterocycles. The Morgan fingerprint density at radius 3 is 2.52 bits per heavy atom. The number of halogens is 4. The summed E-state index contributed by atoms with van der Waals surface area (Å²) < 4.78 is 41.7. The average molecular weight is 482 g/mol. The summed E-state index contributed by atoms with van der Waals surface area (Å²) in [5.41, 5.74) is 4.56. The van der Waals surface area contributed by atoms with Crippen LogP contribution in [-0.2, 0) is 13.2 Å². The normalized spacial score (nSPS) is 14.5. The maximum atomic E-state index is 13.5. The number of alkyl halides is 3. The van der Waals surface area contributed by atoms with Gasteiger partial charge in [0.25, 0.3) is 11.8 Å². The first kappa shape index (κ1) is 22.8. The lowest BCUT2D eigenvalue weighted by atomic mass is 10.0. The van der Waals surface area contributed by atoms with Gasteiger partial charge in [-0.15, -0.1) is 0 Å². The predicted molar refractivity (Wildman–Crippen MR) is 114 cm³/mol. The summed E-state index contributed by atoms with van der Waals surface area (Å²) >= 11 is 6.40. The number of amides is 2. The number of rotatable bonds is 4. The standard InChI is InChI=1S/C20H19ClF3N7O2/c1-30-15(12-9-27-29-16(12)20(22,23)24)14(28-18(30)17(25)32)10-2-3-11(13(21)8-10)19(33)31-6-4-26-5-7-31/h2-3,8-9,26H,4-7H2,1H3,(H2,25,32)(H,27,29). The van der Waals surface area contributed by atoms with Crippen molar-refractivity contribution in [3.8, 4) is 22.5 Å². The van der Waals surface area contributed by atoms with Crippen LogP contribution >= 0.6 is 11.6 Å². The number of nitrogens with two attached hydrogens (primary N) is 1. The molecule has 4 N–H and O–H groups in total. The number of imidazole rings is 1. The molecule has 174 valence electrons. The van der Waals surface area contributed by atoms with Crippen LogP contribution in [0, 0.1) is 0 Å². The van der Waals surface area contributed by atoms with Crippen molar-refractivity contribution in [2.45, 2.75) is 6.18 Å². The third-order valence-corrected chi connectivity index (χ3v) is 5.68.